The summed E-state index contributed by atoms with van der Waals surface area (Å²) < 4.78 is 17.8. The fourth-order valence-electron chi connectivity index (χ4n) is 3.36. The van der Waals surface area contributed by atoms with Crippen molar-refractivity contribution in [2.75, 3.05) is 0 Å². The second-order valence-electron chi connectivity index (χ2n) is 8.29. The molecule has 1 atom stereocenters. The molecule has 0 heterocycles. The van der Waals surface area contributed by atoms with Crippen LogP contribution in [0.15, 0.2) is 107 Å². The number of nitrogens with one attached hydrogen (secondary N) is 1. The van der Waals surface area contributed by atoms with Gasteiger partial charge in [0, 0.05) is 10.0 Å². The number of carbonyl (C=O) groups excluding carboxylic acids is 2. The molecule has 1 amide bonds. The zero-order chi connectivity index (χ0) is 27.6. The molecule has 198 valence electrons. The monoisotopic (exact) mass is 606 g/mol. The highest BCUT2D eigenvalue weighted by molar-refractivity contribution is 9.10. The molecular weight excluding hydrogens is 584 g/mol. The lowest BCUT2D eigenvalue weighted by Crippen LogP contribution is -2.33. The van der Waals surface area contributed by atoms with Crippen LogP contribution in [0, 0.1) is 0 Å². The van der Waals surface area contributed by atoms with Gasteiger partial charge in [-0.2, -0.15) is 5.10 Å². The Morgan fingerprint density at radius 1 is 0.949 bits per heavy atom. The molecule has 39 heavy (non-hydrogen) atoms. The number of amides is 1. The van der Waals surface area contributed by atoms with Gasteiger partial charge in [0.15, 0.2) is 6.10 Å². The zero-order valence-corrected chi connectivity index (χ0v) is 23.2. The Labute approximate surface area is 239 Å². The van der Waals surface area contributed by atoms with Gasteiger partial charge in [0.25, 0.3) is 5.91 Å². The van der Waals surface area contributed by atoms with Crippen LogP contribution in [-0.2, 0) is 11.4 Å². The molecule has 0 aliphatic carbocycles. The molecule has 0 aliphatic rings. The molecule has 4 rings (SSSR count). The lowest BCUT2D eigenvalue weighted by atomic mass is 10.2. The zero-order valence-electron chi connectivity index (χ0n) is 20.8. The molecule has 9 heteroatoms. The van der Waals surface area contributed by atoms with Gasteiger partial charge in [0.2, 0.25) is 0 Å². The minimum Gasteiger partial charge on any atom is -0.489 e. The van der Waals surface area contributed by atoms with Gasteiger partial charge in [-0.1, -0.05) is 70.0 Å². The summed E-state index contributed by atoms with van der Waals surface area (Å²) in [7, 11) is 0. The van der Waals surface area contributed by atoms with Crippen molar-refractivity contribution in [3.63, 3.8) is 0 Å². The highest BCUT2D eigenvalue weighted by Gasteiger charge is 2.16. The van der Waals surface area contributed by atoms with Gasteiger partial charge in [-0.15, -0.1) is 0 Å². The number of hydrogen-bond donors (Lipinski definition) is 1. The Bertz CT molecular complexity index is 1460. The molecule has 4 aromatic rings. The van der Waals surface area contributed by atoms with E-state index >= 15 is 0 Å². The number of ether oxygens (including phenoxy) is 3. The number of nitrogens with zero attached hydrogens (tertiary/aromatic N) is 1. The number of carbonyl (C=O) groups is 2. The van der Waals surface area contributed by atoms with Crippen LogP contribution in [0.3, 0.4) is 0 Å². The van der Waals surface area contributed by atoms with Crippen molar-refractivity contribution < 1.29 is 23.8 Å². The summed E-state index contributed by atoms with van der Waals surface area (Å²) >= 11 is 9.49. The highest BCUT2D eigenvalue weighted by atomic mass is 79.9. The average Bonchev–Trinajstić information content (AvgIpc) is 2.94. The number of hydrogen-bond acceptors (Lipinski definition) is 6. The Kier molecular flexibility index (Phi) is 9.72. The number of hydrazone groups is 1. The lowest BCUT2D eigenvalue weighted by molar-refractivity contribution is -0.127. The molecule has 4 aromatic carbocycles. The summed E-state index contributed by atoms with van der Waals surface area (Å²) in [5, 5.41) is 4.29. The van der Waals surface area contributed by atoms with Crippen molar-refractivity contribution in [3.05, 3.63) is 123 Å². The van der Waals surface area contributed by atoms with E-state index in [1.54, 1.807) is 73.7 Å². The molecule has 0 aliphatic heterocycles. The summed E-state index contributed by atoms with van der Waals surface area (Å²) in [6, 6.07) is 28.5. The van der Waals surface area contributed by atoms with Crippen molar-refractivity contribution in [2.45, 2.75) is 19.6 Å². The topological polar surface area (TPSA) is 86.2 Å². The summed E-state index contributed by atoms with van der Waals surface area (Å²) in [5.41, 5.74) is 4.21. The number of halogens is 2. The van der Waals surface area contributed by atoms with E-state index < -0.39 is 18.0 Å². The summed E-state index contributed by atoms with van der Waals surface area (Å²) in [4.78, 5) is 25.1. The molecule has 0 saturated heterocycles. The Balaban J connectivity index is 1.31. The van der Waals surface area contributed by atoms with E-state index in [2.05, 4.69) is 26.5 Å². The maximum Gasteiger partial charge on any atom is 0.345 e. The first-order valence-corrected chi connectivity index (χ1v) is 13.1. The molecule has 0 fully saturated rings. The first kappa shape index (κ1) is 27.9. The van der Waals surface area contributed by atoms with E-state index in [1.807, 2.05) is 30.3 Å². The molecule has 0 saturated carbocycles. The smallest absolute Gasteiger partial charge is 0.345 e. The van der Waals surface area contributed by atoms with Gasteiger partial charge in [-0.3, -0.25) is 4.79 Å². The van der Waals surface area contributed by atoms with Crippen LogP contribution in [0.1, 0.15) is 28.4 Å². The van der Waals surface area contributed by atoms with Crippen LogP contribution in [0.5, 0.6) is 17.2 Å². The quantitative estimate of drug-likeness (QED) is 0.0926. The van der Waals surface area contributed by atoms with E-state index in [4.69, 9.17) is 25.8 Å². The molecular formula is C30H24BrClN2O5. The minimum absolute atomic E-state index is 0.236. The normalized spacial score (nSPS) is 11.6. The molecule has 0 aromatic heterocycles. The van der Waals surface area contributed by atoms with Crippen LogP contribution in [0.2, 0.25) is 5.02 Å². The van der Waals surface area contributed by atoms with Gasteiger partial charge in [-0.05, 0) is 67.1 Å². The summed E-state index contributed by atoms with van der Waals surface area (Å²) in [6.45, 7) is 2.07. The molecule has 7 nitrogen and oxygen atoms in total. The van der Waals surface area contributed by atoms with Crippen LogP contribution < -0.4 is 19.6 Å². The highest BCUT2D eigenvalue weighted by Crippen LogP contribution is 2.24. The van der Waals surface area contributed by atoms with Gasteiger partial charge >= 0.3 is 5.97 Å². The lowest BCUT2D eigenvalue weighted by Gasteiger charge is -2.14. The van der Waals surface area contributed by atoms with E-state index in [1.165, 1.54) is 6.21 Å². The Morgan fingerprint density at radius 3 is 2.38 bits per heavy atom. The third-order valence-corrected chi connectivity index (χ3v) is 6.22. The van der Waals surface area contributed by atoms with Crippen LogP contribution in [0.25, 0.3) is 0 Å². The molecule has 0 unspecified atom stereocenters. The predicted molar refractivity (Wildman–Crippen MR) is 154 cm³/mol. The van der Waals surface area contributed by atoms with Crippen molar-refractivity contribution >= 4 is 45.6 Å². The second-order valence-corrected chi connectivity index (χ2v) is 9.61. The molecule has 1 N–H and O–H groups in total. The van der Waals surface area contributed by atoms with Crippen molar-refractivity contribution in [1.29, 1.82) is 0 Å². The van der Waals surface area contributed by atoms with Crippen LogP contribution in [-0.4, -0.2) is 24.2 Å². The first-order chi connectivity index (χ1) is 18.9. The maximum absolute atomic E-state index is 12.6. The van der Waals surface area contributed by atoms with Crippen LogP contribution in [0.4, 0.5) is 0 Å². The van der Waals surface area contributed by atoms with Crippen molar-refractivity contribution in [3.8, 4) is 17.2 Å². The van der Waals surface area contributed by atoms with E-state index in [0.29, 0.717) is 23.7 Å². The third-order valence-electron chi connectivity index (χ3n) is 5.40. The fourth-order valence-corrected chi connectivity index (χ4v) is 3.96. The largest absolute Gasteiger partial charge is 0.489 e. The second kappa shape index (κ2) is 13.6. The average molecular weight is 608 g/mol. The van der Waals surface area contributed by atoms with Crippen molar-refractivity contribution in [1.82, 2.24) is 5.43 Å². The van der Waals surface area contributed by atoms with Crippen molar-refractivity contribution in [2.24, 2.45) is 5.10 Å². The van der Waals surface area contributed by atoms with Gasteiger partial charge in [0.05, 0.1) is 16.8 Å². The first-order valence-electron chi connectivity index (χ1n) is 11.9. The van der Waals surface area contributed by atoms with Gasteiger partial charge in [-0.25, -0.2) is 10.2 Å². The van der Waals surface area contributed by atoms with Crippen LogP contribution >= 0.6 is 27.5 Å². The summed E-state index contributed by atoms with van der Waals surface area (Å²) in [5.74, 6) is 0.378. The fraction of sp³-hybridized carbons (Fsp3) is 0.100. The van der Waals surface area contributed by atoms with E-state index in [0.717, 1.165) is 10.0 Å². The number of benzene rings is 4. The standard InChI is InChI=1S/C30H24BrClN2O5/c1-20(38-25-14-12-24(13-15-25)37-19-21-7-3-2-4-8-21)29(35)34-33-18-22-17-23(31)11-16-28(22)39-30(36)26-9-5-6-10-27(26)32/h2-18,20H,19H2,1H3,(H,34,35)/b33-18-/t20-/m1/s1. The number of rotatable bonds is 10. The van der Waals surface area contributed by atoms with E-state index in [9.17, 15) is 9.59 Å². The summed E-state index contributed by atoms with van der Waals surface area (Å²) in [6.07, 6.45) is 0.557. The Hall–Kier alpha value is -4.14. The van der Waals surface area contributed by atoms with E-state index in [-0.39, 0.29) is 16.3 Å². The maximum atomic E-state index is 12.6. The third kappa shape index (κ3) is 8.17. The molecule has 0 radical (unpaired) electrons. The SMILES string of the molecule is C[C@@H](Oc1ccc(OCc2ccccc2)cc1)C(=O)N/N=C\c1cc(Br)ccc1OC(=O)c1ccccc1Cl. The minimum atomic E-state index is -0.821. The predicted octanol–water partition coefficient (Wildman–Crippen LogP) is 6.82. The molecule has 0 spiro atoms. The number of esters is 1. The van der Waals surface area contributed by atoms with Gasteiger partial charge < -0.3 is 14.2 Å². The van der Waals surface area contributed by atoms with Gasteiger partial charge in [0.1, 0.15) is 23.9 Å². The molecule has 0 bridgehead atoms. The Morgan fingerprint density at radius 2 is 1.64 bits per heavy atom.